The summed E-state index contributed by atoms with van der Waals surface area (Å²) >= 11 is 6.18. The van der Waals surface area contributed by atoms with E-state index in [1.807, 2.05) is 49.4 Å². The molecule has 0 saturated carbocycles. The van der Waals surface area contributed by atoms with Gasteiger partial charge in [0.25, 0.3) is 0 Å². The van der Waals surface area contributed by atoms with Crippen LogP contribution in [0, 0.1) is 6.92 Å². The zero-order valence-corrected chi connectivity index (χ0v) is 14.6. The molecule has 0 aliphatic carbocycles. The zero-order valence-electron chi connectivity index (χ0n) is 13.8. The molecule has 0 atom stereocenters. The third-order valence-corrected chi connectivity index (χ3v) is 4.38. The Hall–Kier alpha value is -3.12. The van der Waals surface area contributed by atoms with Crippen molar-refractivity contribution in [1.29, 1.82) is 0 Å². The Morgan fingerprint density at radius 2 is 1.81 bits per heavy atom. The molecule has 0 radical (unpaired) electrons. The number of aryl methyl sites for hydroxylation is 1. The third kappa shape index (κ3) is 2.95. The van der Waals surface area contributed by atoms with E-state index >= 15 is 0 Å². The van der Waals surface area contributed by atoms with Crippen LogP contribution in [0.2, 0.25) is 5.02 Å². The van der Waals surface area contributed by atoms with Crippen LogP contribution in [0.1, 0.15) is 11.3 Å². The van der Waals surface area contributed by atoms with Gasteiger partial charge in [-0.3, -0.25) is 9.09 Å². The van der Waals surface area contributed by atoms with Gasteiger partial charge < -0.3 is 4.42 Å². The molecule has 2 aromatic heterocycles. The van der Waals surface area contributed by atoms with Crippen molar-refractivity contribution in [2.24, 2.45) is 0 Å². The van der Waals surface area contributed by atoms with Crippen LogP contribution in [-0.4, -0.2) is 14.7 Å². The first-order valence-electron chi connectivity index (χ1n) is 7.95. The van der Waals surface area contributed by atoms with Gasteiger partial charge in [0.15, 0.2) is 5.82 Å². The fraction of sp³-hybridized carbons (Fsp3) is 0.105. The Morgan fingerprint density at radius 3 is 2.58 bits per heavy atom. The highest BCUT2D eigenvalue weighted by atomic mass is 35.5. The van der Waals surface area contributed by atoms with E-state index in [2.05, 4.69) is 10.1 Å². The minimum absolute atomic E-state index is 0.181. The Kier molecular flexibility index (Phi) is 4.18. The quantitative estimate of drug-likeness (QED) is 0.541. The fourth-order valence-electron chi connectivity index (χ4n) is 2.73. The molecule has 0 amide bonds. The van der Waals surface area contributed by atoms with Gasteiger partial charge in [0.2, 0.25) is 5.89 Å². The van der Waals surface area contributed by atoms with E-state index in [0.29, 0.717) is 28.0 Å². The first-order valence-corrected chi connectivity index (χ1v) is 8.33. The highest BCUT2D eigenvalue weighted by Crippen LogP contribution is 2.27. The van der Waals surface area contributed by atoms with E-state index in [4.69, 9.17) is 20.5 Å². The van der Waals surface area contributed by atoms with Gasteiger partial charge in [-0.2, -0.15) is 0 Å². The number of nitrogens with zero attached hydrogens (tertiary/aromatic N) is 3. The van der Waals surface area contributed by atoms with Crippen molar-refractivity contribution in [2.75, 3.05) is 0 Å². The molecule has 0 unspecified atom stereocenters. The predicted molar refractivity (Wildman–Crippen MR) is 97.0 cm³/mol. The van der Waals surface area contributed by atoms with Crippen LogP contribution in [0.15, 0.2) is 68.5 Å². The maximum atomic E-state index is 12.1. The van der Waals surface area contributed by atoms with Crippen molar-refractivity contribution >= 4 is 11.6 Å². The number of halogens is 1. The highest BCUT2D eigenvalue weighted by molar-refractivity contribution is 6.33. The lowest BCUT2D eigenvalue weighted by Crippen LogP contribution is -2.16. The first kappa shape index (κ1) is 16.4. The summed E-state index contributed by atoms with van der Waals surface area (Å²) in [4.78, 5) is 16.5. The summed E-state index contributed by atoms with van der Waals surface area (Å²) in [6.07, 6.45) is 1.50. The van der Waals surface area contributed by atoms with Crippen LogP contribution in [0.5, 0.6) is 0 Å². The molecule has 0 fully saturated rings. The van der Waals surface area contributed by atoms with Gasteiger partial charge in [0, 0.05) is 5.56 Å². The second-order valence-electron chi connectivity index (χ2n) is 5.80. The highest BCUT2D eigenvalue weighted by Gasteiger charge is 2.17. The van der Waals surface area contributed by atoms with Crippen molar-refractivity contribution in [2.45, 2.75) is 13.5 Å². The largest absolute Gasteiger partial charge is 0.444 e. The number of rotatable bonds is 4. The van der Waals surface area contributed by atoms with Gasteiger partial charge >= 0.3 is 5.76 Å². The lowest BCUT2D eigenvalue weighted by atomic mass is 10.1. The van der Waals surface area contributed by atoms with E-state index in [1.54, 1.807) is 6.07 Å². The molecular weight excluding hydrogens is 354 g/mol. The lowest BCUT2D eigenvalue weighted by molar-refractivity contribution is 0.378. The van der Waals surface area contributed by atoms with Crippen LogP contribution in [0.3, 0.4) is 0 Å². The predicted octanol–water partition coefficient (Wildman–Crippen LogP) is 4.17. The number of aromatic nitrogens is 3. The molecule has 0 bridgehead atoms. The molecule has 26 heavy (non-hydrogen) atoms. The van der Waals surface area contributed by atoms with Gasteiger partial charge in [0.1, 0.15) is 6.26 Å². The average molecular weight is 368 g/mol. The first-order chi connectivity index (χ1) is 12.6. The number of oxazole rings is 1. The summed E-state index contributed by atoms with van der Waals surface area (Å²) < 4.78 is 11.8. The normalized spacial score (nSPS) is 11.0. The summed E-state index contributed by atoms with van der Waals surface area (Å²) in [5.74, 6) is 0.300. The fourth-order valence-corrected chi connectivity index (χ4v) is 2.94. The van der Waals surface area contributed by atoms with E-state index in [-0.39, 0.29) is 6.54 Å². The Bertz CT molecular complexity index is 1130. The molecule has 4 rings (SSSR count). The summed E-state index contributed by atoms with van der Waals surface area (Å²) in [5.41, 5.74) is 3.08. The Labute approximate surface area is 153 Å². The molecule has 0 aliphatic heterocycles. The minimum Gasteiger partial charge on any atom is -0.444 e. The molecule has 2 heterocycles. The summed E-state index contributed by atoms with van der Waals surface area (Å²) in [7, 11) is 0. The van der Waals surface area contributed by atoms with E-state index in [9.17, 15) is 4.79 Å². The maximum absolute atomic E-state index is 12.1. The van der Waals surface area contributed by atoms with Gasteiger partial charge in [0.05, 0.1) is 22.8 Å². The van der Waals surface area contributed by atoms with Crippen LogP contribution >= 0.6 is 11.6 Å². The van der Waals surface area contributed by atoms with Gasteiger partial charge in [-0.05, 0) is 24.6 Å². The standard InChI is InChI=1S/C19H14ClN3O3/c1-12-6-2-3-7-14(12)17-22-26-19(24)23(17)10-13-11-25-18(21-13)15-8-4-5-9-16(15)20/h2-9,11H,10H2,1H3. The number of benzene rings is 2. The van der Waals surface area contributed by atoms with Crippen molar-refractivity contribution in [3.05, 3.63) is 81.6 Å². The second kappa shape index (κ2) is 6.65. The van der Waals surface area contributed by atoms with E-state index in [0.717, 1.165) is 11.1 Å². The summed E-state index contributed by atoms with van der Waals surface area (Å²) in [6.45, 7) is 2.13. The number of hydrogen-bond donors (Lipinski definition) is 0. The third-order valence-electron chi connectivity index (χ3n) is 4.05. The van der Waals surface area contributed by atoms with Crippen LogP contribution in [-0.2, 0) is 6.54 Å². The maximum Gasteiger partial charge on any atom is 0.442 e. The van der Waals surface area contributed by atoms with E-state index < -0.39 is 5.76 Å². The van der Waals surface area contributed by atoms with Crippen LogP contribution in [0.25, 0.3) is 22.8 Å². The van der Waals surface area contributed by atoms with E-state index in [1.165, 1.54) is 10.8 Å². The Morgan fingerprint density at radius 1 is 1.08 bits per heavy atom. The molecule has 6 nitrogen and oxygen atoms in total. The van der Waals surface area contributed by atoms with Gasteiger partial charge in [-0.15, -0.1) is 0 Å². The van der Waals surface area contributed by atoms with Crippen molar-refractivity contribution in [3.63, 3.8) is 0 Å². The lowest BCUT2D eigenvalue weighted by Gasteiger charge is -2.05. The molecule has 0 spiro atoms. The van der Waals surface area contributed by atoms with Gasteiger partial charge in [-0.25, -0.2) is 9.78 Å². The monoisotopic (exact) mass is 367 g/mol. The second-order valence-corrected chi connectivity index (χ2v) is 6.20. The molecule has 4 aromatic rings. The molecular formula is C19H14ClN3O3. The summed E-state index contributed by atoms with van der Waals surface area (Å²) in [6, 6.07) is 14.9. The van der Waals surface area contributed by atoms with Crippen LogP contribution < -0.4 is 5.76 Å². The molecule has 130 valence electrons. The van der Waals surface area contributed by atoms with Crippen molar-refractivity contribution in [1.82, 2.24) is 14.7 Å². The van der Waals surface area contributed by atoms with Crippen molar-refractivity contribution < 1.29 is 8.94 Å². The number of hydrogen-bond acceptors (Lipinski definition) is 5. The topological polar surface area (TPSA) is 74.1 Å². The van der Waals surface area contributed by atoms with Gasteiger partial charge in [-0.1, -0.05) is 53.2 Å². The molecule has 7 heteroatoms. The SMILES string of the molecule is Cc1ccccc1-c1noc(=O)n1Cc1coc(-c2ccccc2Cl)n1. The molecule has 2 aromatic carbocycles. The molecule has 0 aliphatic rings. The molecule has 0 saturated heterocycles. The Balaban J connectivity index is 1.70. The molecule has 0 N–H and O–H groups in total. The minimum atomic E-state index is -0.550. The average Bonchev–Trinajstić information content (AvgIpc) is 3.24. The zero-order chi connectivity index (χ0) is 18.1. The summed E-state index contributed by atoms with van der Waals surface area (Å²) in [5, 5.41) is 4.46. The van der Waals surface area contributed by atoms with Crippen LogP contribution in [0.4, 0.5) is 0 Å². The smallest absolute Gasteiger partial charge is 0.442 e. The van der Waals surface area contributed by atoms with Crippen molar-refractivity contribution in [3.8, 4) is 22.8 Å².